The zero-order valence-corrected chi connectivity index (χ0v) is 11.8. The Morgan fingerprint density at radius 3 is 2.65 bits per heavy atom. The van der Waals surface area contributed by atoms with E-state index in [1.54, 1.807) is 19.1 Å². The molecular formula is C13H21N5O2. The van der Waals surface area contributed by atoms with Crippen LogP contribution in [0.2, 0.25) is 0 Å². The van der Waals surface area contributed by atoms with Crippen molar-refractivity contribution in [3.63, 3.8) is 0 Å². The molecule has 1 unspecified atom stereocenters. The number of primary amides is 1. The van der Waals surface area contributed by atoms with Gasteiger partial charge in [-0.05, 0) is 25.5 Å². The summed E-state index contributed by atoms with van der Waals surface area (Å²) in [5.74, 6) is 5.04. The fourth-order valence-corrected chi connectivity index (χ4v) is 1.84. The average Bonchev–Trinajstić information content (AvgIpc) is 2.37. The maximum atomic E-state index is 12.1. The number of carbonyl (C=O) groups excluding carboxylic acids is 2. The van der Waals surface area contributed by atoms with Crippen molar-refractivity contribution < 1.29 is 9.59 Å². The van der Waals surface area contributed by atoms with Crippen LogP contribution in [-0.4, -0.2) is 22.8 Å². The van der Waals surface area contributed by atoms with E-state index in [0.29, 0.717) is 11.4 Å². The number of aromatic nitrogens is 1. The molecule has 0 saturated heterocycles. The number of rotatable bonds is 7. The molecule has 0 aromatic carbocycles. The number of amides is 2. The van der Waals surface area contributed by atoms with Crippen LogP contribution in [0.5, 0.6) is 0 Å². The second-order valence-corrected chi connectivity index (χ2v) is 4.67. The van der Waals surface area contributed by atoms with Gasteiger partial charge in [-0.1, -0.05) is 13.3 Å². The quantitative estimate of drug-likeness (QED) is 0.422. The molecule has 0 spiro atoms. The van der Waals surface area contributed by atoms with E-state index in [0.717, 1.165) is 18.5 Å². The maximum absolute atomic E-state index is 12.1. The molecule has 0 aliphatic heterocycles. The van der Waals surface area contributed by atoms with Gasteiger partial charge in [0.1, 0.15) is 5.82 Å². The average molecular weight is 279 g/mol. The molecule has 0 saturated carbocycles. The highest BCUT2D eigenvalue weighted by Gasteiger charge is 2.13. The number of nitrogens with two attached hydrogens (primary N) is 2. The van der Waals surface area contributed by atoms with Crippen LogP contribution < -0.4 is 22.3 Å². The van der Waals surface area contributed by atoms with E-state index in [-0.39, 0.29) is 18.4 Å². The number of hydrogen-bond donors (Lipinski definition) is 4. The number of nitrogens with zero attached hydrogens (tertiary/aromatic N) is 1. The molecule has 1 aromatic rings. The lowest BCUT2D eigenvalue weighted by molar-refractivity contribution is -0.118. The Hall–Kier alpha value is -2.15. The van der Waals surface area contributed by atoms with E-state index < -0.39 is 5.91 Å². The molecule has 1 heterocycles. The molecule has 7 nitrogen and oxygen atoms in total. The van der Waals surface area contributed by atoms with Crippen LogP contribution in [0.15, 0.2) is 12.1 Å². The molecular weight excluding hydrogens is 258 g/mol. The summed E-state index contributed by atoms with van der Waals surface area (Å²) < 4.78 is 0. The smallest absolute Gasteiger partial charge is 0.251 e. The summed E-state index contributed by atoms with van der Waals surface area (Å²) in [6.45, 7) is 3.75. The highest BCUT2D eigenvalue weighted by Crippen LogP contribution is 2.12. The molecule has 0 fully saturated rings. The fraction of sp³-hybridized carbons (Fsp3) is 0.462. The molecule has 0 aliphatic rings. The van der Waals surface area contributed by atoms with Gasteiger partial charge in [-0.2, -0.15) is 0 Å². The summed E-state index contributed by atoms with van der Waals surface area (Å²) in [5, 5.41) is 2.71. The van der Waals surface area contributed by atoms with Crippen molar-refractivity contribution >= 4 is 17.6 Å². The maximum Gasteiger partial charge on any atom is 0.251 e. The molecule has 1 atom stereocenters. The summed E-state index contributed by atoms with van der Waals surface area (Å²) in [6, 6.07) is 2.96. The molecule has 110 valence electrons. The Balaban J connectivity index is 2.85. The van der Waals surface area contributed by atoms with Gasteiger partial charge in [-0.25, -0.2) is 10.8 Å². The highest BCUT2D eigenvalue weighted by molar-refractivity contribution is 5.95. The molecule has 0 bridgehead atoms. The second-order valence-electron chi connectivity index (χ2n) is 4.67. The number of carbonyl (C=O) groups is 2. The van der Waals surface area contributed by atoms with Gasteiger partial charge in [0, 0.05) is 23.7 Å². The third-order valence-corrected chi connectivity index (χ3v) is 2.68. The Labute approximate surface area is 118 Å². The van der Waals surface area contributed by atoms with Gasteiger partial charge < -0.3 is 16.5 Å². The number of anilines is 1. The third-order valence-electron chi connectivity index (χ3n) is 2.68. The summed E-state index contributed by atoms with van der Waals surface area (Å²) >= 11 is 0. The third kappa shape index (κ3) is 4.85. The first-order chi connectivity index (χ1) is 9.46. The lowest BCUT2D eigenvalue weighted by Crippen LogP contribution is -2.35. The minimum Gasteiger partial charge on any atom is -0.370 e. The normalized spacial score (nSPS) is 11.8. The van der Waals surface area contributed by atoms with E-state index in [1.807, 2.05) is 6.92 Å². The largest absolute Gasteiger partial charge is 0.370 e. The lowest BCUT2D eigenvalue weighted by atomic mass is 10.1. The number of aryl methyl sites for hydroxylation is 1. The zero-order valence-electron chi connectivity index (χ0n) is 11.8. The first kappa shape index (κ1) is 15.9. The van der Waals surface area contributed by atoms with Crippen molar-refractivity contribution in [2.75, 3.05) is 5.43 Å². The van der Waals surface area contributed by atoms with Crippen LogP contribution in [0.4, 0.5) is 5.82 Å². The van der Waals surface area contributed by atoms with E-state index in [1.165, 1.54) is 0 Å². The minimum atomic E-state index is -0.455. The van der Waals surface area contributed by atoms with Crippen molar-refractivity contribution in [1.29, 1.82) is 0 Å². The summed E-state index contributed by atoms with van der Waals surface area (Å²) in [4.78, 5) is 27.2. The topological polar surface area (TPSA) is 123 Å². The predicted octanol–water partition coefficient (Wildman–Crippen LogP) is 0.313. The van der Waals surface area contributed by atoms with Crippen molar-refractivity contribution in [2.24, 2.45) is 11.6 Å². The summed E-state index contributed by atoms with van der Waals surface area (Å²) in [7, 11) is 0. The number of hydrogen-bond acceptors (Lipinski definition) is 5. The first-order valence-corrected chi connectivity index (χ1v) is 6.53. The van der Waals surface area contributed by atoms with Gasteiger partial charge in [0.15, 0.2) is 0 Å². The van der Waals surface area contributed by atoms with E-state index in [2.05, 4.69) is 15.7 Å². The van der Waals surface area contributed by atoms with Crippen LogP contribution in [-0.2, 0) is 11.2 Å². The zero-order chi connectivity index (χ0) is 15.1. The number of hydrazine groups is 1. The van der Waals surface area contributed by atoms with Gasteiger partial charge in [-0.3, -0.25) is 9.59 Å². The van der Waals surface area contributed by atoms with E-state index in [9.17, 15) is 9.59 Å². The van der Waals surface area contributed by atoms with Crippen LogP contribution in [0.25, 0.3) is 0 Å². The Morgan fingerprint density at radius 1 is 1.40 bits per heavy atom. The van der Waals surface area contributed by atoms with Gasteiger partial charge in [0.2, 0.25) is 5.91 Å². The van der Waals surface area contributed by atoms with Gasteiger partial charge in [-0.15, -0.1) is 0 Å². The number of nitrogen functional groups attached to an aromatic ring is 1. The van der Waals surface area contributed by atoms with Gasteiger partial charge >= 0.3 is 0 Å². The first-order valence-electron chi connectivity index (χ1n) is 6.53. The summed E-state index contributed by atoms with van der Waals surface area (Å²) in [6.07, 6.45) is 1.77. The Bertz CT molecular complexity index is 490. The van der Waals surface area contributed by atoms with Crippen molar-refractivity contribution in [2.45, 2.75) is 39.2 Å². The van der Waals surface area contributed by atoms with Gasteiger partial charge in [0.05, 0.1) is 0 Å². The lowest BCUT2D eigenvalue weighted by Gasteiger charge is -2.13. The van der Waals surface area contributed by atoms with Gasteiger partial charge in [0.25, 0.3) is 5.91 Å². The number of nitrogens with one attached hydrogen (secondary N) is 2. The van der Waals surface area contributed by atoms with E-state index in [4.69, 9.17) is 11.6 Å². The van der Waals surface area contributed by atoms with Crippen molar-refractivity contribution in [1.82, 2.24) is 10.3 Å². The van der Waals surface area contributed by atoms with Crippen LogP contribution in [0.1, 0.15) is 42.7 Å². The molecule has 2 amide bonds. The fourth-order valence-electron chi connectivity index (χ4n) is 1.84. The van der Waals surface area contributed by atoms with Crippen LogP contribution in [0.3, 0.4) is 0 Å². The van der Waals surface area contributed by atoms with Crippen LogP contribution in [0, 0.1) is 0 Å². The Kier molecular flexibility index (Phi) is 5.92. The molecule has 6 N–H and O–H groups in total. The SMILES string of the molecule is CCCc1cc(C(=O)NC(C)CC(N)=O)cc(NN)n1. The molecule has 0 radical (unpaired) electrons. The Morgan fingerprint density at radius 2 is 2.10 bits per heavy atom. The monoisotopic (exact) mass is 279 g/mol. The second kappa shape index (κ2) is 7.44. The van der Waals surface area contributed by atoms with Crippen LogP contribution >= 0.6 is 0 Å². The van der Waals surface area contributed by atoms with Crippen molar-refractivity contribution in [3.8, 4) is 0 Å². The highest BCUT2D eigenvalue weighted by atomic mass is 16.2. The minimum absolute atomic E-state index is 0.0979. The van der Waals surface area contributed by atoms with E-state index >= 15 is 0 Å². The molecule has 1 rings (SSSR count). The molecule has 1 aromatic heterocycles. The predicted molar refractivity (Wildman–Crippen MR) is 76.8 cm³/mol. The summed E-state index contributed by atoms with van der Waals surface area (Å²) in [5.41, 5.74) is 8.77. The molecule has 0 aliphatic carbocycles. The molecule has 20 heavy (non-hydrogen) atoms. The standard InChI is InChI=1S/C13H21N5O2/c1-3-4-10-6-9(7-12(17-10)18-15)13(20)16-8(2)5-11(14)19/h6-8H,3-5,15H2,1-2H3,(H2,14,19)(H,16,20)(H,17,18). The van der Waals surface area contributed by atoms with Crippen molar-refractivity contribution in [3.05, 3.63) is 23.4 Å². The molecule has 7 heteroatoms. The number of pyridine rings is 1.